The normalized spacial score (nSPS) is 11.9. The number of halogens is 3. The van der Waals surface area contributed by atoms with Crippen molar-refractivity contribution in [2.45, 2.75) is 20.0 Å². The molecule has 0 bridgehead atoms. The zero-order chi connectivity index (χ0) is 19.2. The second-order valence-corrected chi connectivity index (χ2v) is 6.69. The quantitative estimate of drug-likeness (QED) is 0.405. The lowest BCUT2D eigenvalue weighted by Crippen LogP contribution is -2.05. The van der Waals surface area contributed by atoms with E-state index in [1.54, 1.807) is 4.68 Å². The van der Waals surface area contributed by atoms with Crippen molar-refractivity contribution in [3.63, 3.8) is 0 Å². The molecular formula is C22H17F3N2. The molecule has 0 aliphatic rings. The molecule has 1 heterocycles. The Bertz CT molecular complexity index is 1110. The molecule has 0 fully saturated rings. The molecule has 0 saturated carbocycles. The Hall–Kier alpha value is -3.08. The Kier molecular flexibility index (Phi) is 4.02. The number of hydrogen-bond acceptors (Lipinski definition) is 1. The topological polar surface area (TPSA) is 17.8 Å². The lowest BCUT2D eigenvalue weighted by molar-refractivity contribution is -0.137. The van der Waals surface area contributed by atoms with Gasteiger partial charge < -0.3 is 0 Å². The molecule has 0 saturated heterocycles. The molecule has 1 aromatic heterocycles. The van der Waals surface area contributed by atoms with Crippen LogP contribution in [-0.2, 0) is 6.18 Å². The average molecular weight is 366 g/mol. The Labute approximate surface area is 154 Å². The zero-order valence-corrected chi connectivity index (χ0v) is 14.9. The second kappa shape index (κ2) is 6.27. The lowest BCUT2D eigenvalue weighted by Gasteiger charge is -2.08. The minimum absolute atomic E-state index is 0.594. The fraction of sp³-hybridized carbons (Fsp3) is 0.136. The minimum atomic E-state index is -4.35. The number of nitrogens with zero attached hydrogens (tertiary/aromatic N) is 2. The van der Waals surface area contributed by atoms with Crippen molar-refractivity contribution in [2.24, 2.45) is 0 Å². The van der Waals surface area contributed by atoms with Crippen molar-refractivity contribution in [2.75, 3.05) is 0 Å². The first-order chi connectivity index (χ1) is 12.8. The Balaban J connectivity index is 1.90. The van der Waals surface area contributed by atoms with Crippen molar-refractivity contribution >= 4 is 10.9 Å². The summed E-state index contributed by atoms with van der Waals surface area (Å²) in [4.78, 5) is 0. The van der Waals surface area contributed by atoms with E-state index in [0.29, 0.717) is 5.69 Å². The molecule has 0 radical (unpaired) electrons. The number of aryl methyl sites for hydroxylation is 2. The number of rotatable bonds is 2. The lowest BCUT2D eigenvalue weighted by atomic mass is 10.1. The molecular weight excluding hydrogens is 349 g/mol. The van der Waals surface area contributed by atoms with Crippen LogP contribution in [0.5, 0.6) is 0 Å². The molecule has 4 aromatic rings. The molecule has 0 amide bonds. The van der Waals surface area contributed by atoms with Gasteiger partial charge in [0.2, 0.25) is 0 Å². The van der Waals surface area contributed by atoms with Crippen LogP contribution in [0, 0.1) is 13.8 Å². The first-order valence-corrected chi connectivity index (χ1v) is 8.57. The summed E-state index contributed by atoms with van der Waals surface area (Å²) in [6.45, 7) is 4.00. The van der Waals surface area contributed by atoms with E-state index in [-0.39, 0.29) is 0 Å². The highest BCUT2D eigenvalue weighted by molar-refractivity contribution is 5.94. The third kappa shape index (κ3) is 3.21. The van der Waals surface area contributed by atoms with Gasteiger partial charge in [-0.1, -0.05) is 42.0 Å². The van der Waals surface area contributed by atoms with Gasteiger partial charge in [0, 0.05) is 10.9 Å². The van der Waals surface area contributed by atoms with Gasteiger partial charge in [-0.2, -0.15) is 18.3 Å². The van der Waals surface area contributed by atoms with Crippen molar-refractivity contribution in [1.82, 2.24) is 9.78 Å². The molecule has 4 rings (SSSR count). The summed E-state index contributed by atoms with van der Waals surface area (Å²) < 4.78 is 40.3. The molecule has 0 spiro atoms. The fourth-order valence-electron chi connectivity index (χ4n) is 3.14. The average Bonchev–Trinajstić information content (AvgIpc) is 3.00. The van der Waals surface area contributed by atoms with Gasteiger partial charge in [0.15, 0.2) is 0 Å². The van der Waals surface area contributed by atoms with E-state index >= 15 is 0 Å². The second-order valence-electron chi connectivity index (χ2n) is 6.69. The molecule has 0 aliphatic heterocycles. The van der Waals surface area contributed by atoms with Crippen LogP contribution in [0.1, 0.15) is 16.7 Å². The monoisotopic (exact) mass is 366 g/mol. The predicted molar refractivity (Wildman–Crippen MR) is 101 cm³/mol. The smallest absolute Gasteiger partial charge is 0.232 e. The largest absolute Gasteiger partial charge is 0.416 e. The summed E-state index contributed by atoms with van der Waals surface area (Å²) in [5.41, 5.74) is 4.79. The SMILES string of the molecule is Cc1ccc(-c2nn(-c3ccc(C(F)(F)F)cc3)c3cc(C)ccc23)cc1. The summed E-state index contributed by atoms with van der Waals surface area (Å²) in [5, 5.41) is 5.69. The van der Waals surface area contributed by atoms with Gasteiger partial charge >= 0.3 is 6.18 Å². The maximum Gasteiger partial charge on any atom is 0.416 e. The summed E-state index contributed by atoms with van der Waals surface area (Å²) >= 11 is 0. The number of aromatic nitrogens is 2. The van der Waals surface area contributed by atoms with E-state index in [9.17, 15) is 13.2 Å². The molecule has 27 heavy (non-hydrogen) atoms. The number of fused-ring (bicyclic) bond motifs is 1. The first-order valence-electron chi connectivity index (χ1n) is 8.57. The van der Waals surface area contributed by atoms with Crippen LogP contribution in [0.4, 0.5) is 13.2 Å². The molecule has 0 atom stereocenters. The van der Waals surface area contributed by atoms with Gasteiger partial charge in [-0.25, -0.2) is 4.68 Å². The van der Waals surface area contributed by atoms with Gasteiger partial charge in [-0.15, -0.1) is 0 Å². The van der Waals surface area contributed by atoms with E-state index in [0.717, 1.165) is 45.4 Å². The van der Waals surface area contributed by atoms with Crippen molar-refractivity contribution in [3.8, 4) is 16.9 Å². The van der Waals surface area contributed by atoms with Crippen LogP contribution >= 0.6 is 0 Å². The van der Waals surface area contributed by atoms with E-state index in [1.807, 2.05) is 56.3 Å². The first kappa shape index (κ1) is 17.3. The van der Waals surface area contributed by atoms with Crippen LogP contribution in [-0.4, -0.2) is 9.78 Å². The predicted octanol–water partition coefficient (Wildman–Crippen LogP) is 6.33. The molecule has 5 heteroatoms. The minimum Gasteiger partial charge on any atom is -0.232 e. The summed E-state index contributed by atoms with van der Waals surface area (Å²) in [5.74, 6) is 0. The Morgan fingerprint density at radius 3 is 2.04 bits per heavy atom. The third-order valence-electron chi connectivity index (χ3n) is 4.60. The fourth-order valence-corrected chi connectivity index (χ4v) is 3.14. The van der Waals surface area contributed by atoms with Gasteiger partial charge in [-0.05, 0) is 49.7 Å². The third-order valence-corrected chi connectivity index (χ3v) is 4.60. The molecule has 0 N–H and O–H groups in total. The molecule has 136 valence electrons. The molecule has 0 aliphatic carbocycles. The standard InChI is InChI=1S/C22H17F3N2/c1-14-3-6-16(7-4-14)21-19-12-5-15(2)13-20(19)27(26-21)18-10-8-17(9-11-18)22(23,24)25/h3-13H,1-2H3. The van der Waals surface area contributed by atoms with Crippen molar-refractivity contribution in [1.29, 1.82) is 0 Å². The van der Waals surface area contributed by atoms with Crippen LogP contribution in [0.15, 0.2) is 66.7 Å². The van der Waals surface area contributed by atoms with Gasteiger partial charge in [0.1, 0.15) is 5.69 Å². The summed E-state index contributed by atoms with van der Waals surface area (Å²) in [7, 11) is 0. The van der Waals surface area contributed by atoms with E-state index in [4.69, 9.17) is 5.10 Å². The summed E-state index contributed by atoms with van der Waals surface area (Å²) in [6.07, 6.45) is -4.35. The Morgan fingerprint density at radius 1 is 0.778 bits per heavy atom. The Morgan fingerprint density at radius 2 is 1.41 bits per heavy atom. The van der Waals surface area contributed by atoms with Crippen LogP contribution in [0.25, 0.3) is 27.8 Å². The molecule has 2 nitrogen and oxygen atoms in total. The van der Waals surface area contributed by atoms with Crippen LogP contribution < -0.4 is 0 Å². The highest BCUT2D eigenvalue weighted by Gasteiger charge is 2.30. The maximum atomic E-state index is 12.9. The van der Waals surface area contributed by atoms with E-state index < -0.39 is 11.7 Å². The highest BCUT2D eigenvalue weighted by Crippen LogP contribution is 2.33. The van der Waals surface area contributed by atoms with Crippen LogP contribution in [0.3, 0.4) is 0 Å². The summed E-state index contributed by atoms with van der Waals surface area (Å²) in [6, 6.07) is 19.2. The number of alkyl halides is 3. The molecule has 3 aromatic carbocycles. The van der Waals surface area contributed by atoms with Crippen molar-refractivity contribution in [3.05, 3.63) is 83.4 Å². The van der Waals surface area contributed by atoms with Gasteiger partial charge in [-0.3, -0.25) is 0 Å². The van der Waals surface area contributed by atoms with Gasteiger partial charge in [0.25, 0.3) is 0 Å². The highest BCUT2D eigenvalue weighted by atomic mass is 19.4. The van der Waals surface area contributed by atoms with Crippen LogP contribution in [0.2, 0.25) is 0 Å². The molecule has 0 unspecified atom stereocenters. The van der Waals surface area contributed by atoms with Crippen molar-refractivity contribution < 1.29 is 13.2 Å². The maximum absolute atomic E-state index is 12.9. The van der Waals surface area contributed by atoms with E-state index in [1.165, 1.54) is 12.1 Å². The zero-order valence-electron chi connectivity index (χ0n) is 14.9. The number of benzene rings is 3. The van der Waals surface area contributed by atoms with Gasteiger partial charge in [0.05, 0.1) is 16.8 Å². The van der Waals surface area contributed by atoms with E-state index in [2.05, 4.69) is 0 Å². The number of hydrogen-bond donors (Lipinski definition) is 0.